The van der Waals surface area contributed by atoms with Crippen LogP contribution in [0.15, 0.2) is 0 Å². The summed E-state index contributed by atoms with van der Waals surface area (Å²) in [6.07, 6.45) is 4.55. The van der Waals surface area contributed by atoms with Crippen LogP contribution < -0.4 is 5.32 Å². The summed E-state index contributed by atoms with van der Waals surface area (Å²) in [4.78, 5) is 6.34. The number of rotatable bonds is 5. The smallest absolute Gasteiger partial charge is 0.113 e. The minimum Gasteiger partial charge on any atom is -0.379 e. The Hall–Kier alpha value is -0.450. The highest BCUT2D eigenvalue weighted by Crippen LogP contribution is 2.37. The Labute approximate surface area is 114 Å². The molecule has 1 aliphatic rings. The maximum atomic E-state index is 5.57. The van der Waals surface area contributed by atoms with Crippen molar-refractivity contribution < 1.29 is 4.74 Å². The molecule has 1 aromatic rings. The highest BCUT2D eigenvalue weighted by molar-refractivity contribution is 7.12. The number of fused-ring (bicyclic) bond motifs is 1. The Morgan fingerprint density at radius 2 is 2.06 bits per heavy atom. The molecular formula is C14H24N2OS. The first-order valence-corrected chi connectivity index (χ1v) is 7.45. The van der Waals surface area contributed by atoms with Gasteiger partial charge in [0, 0.05) is 18.4 Å². The Morgan fingerprint density at radius 3 is 2.61 bits per heavy atom. The van der Waals surface area contributed by atoms with Gasteiger partial charge in [-0.25, -0.2) is 4.98 Å². The Bertz CT molecular complexity index is 406. The van der Waals surface area contributed by atoms with Crippen molar-refractivity contribution in [1.29, 1.82) is 0 Å². The lowest BCUT2D eigenvalue weighted by atomic mass is 9.88. The minimum atomic E-state index is -0.145. The molecule has 0 aliphatic heterocycles. The summed E-state index contributed by atoms with van der Waals surface area (Å²) in [5, 5.41) is 4.65. The molecule has 1 atom stereocenters. The fourth-order valence-electron chi connectivity index (χ4n) is 2.62. The Balaban J connectivity index is 2.25. The van der Waals surface area contributed by atoms with Gasteiger partial charge >= 0.3 is 0 Å². The SMILES string of the molecule is CNC(C)(CC(C)(C)OC)c1nc2c(s1)CCC2. The fraction of sp³-hybridized carbons (Fsp3) is 0.786. The van der Waals surface area contributed by atoms with E-state index in [9.17, 15) is 0 Å². The summed E-state index contributed by atoms with van der Waals surface area (Å²) in [5.74, 6) is 0. The molecule has 0 saturated carbocycles. The van der Waals surface area contributed by atoms with Gasteiger partial charge in [0.25, 0.3) is 0 Å². The number of methoxy groups -OCH3 is 1. The third-order valence-electron chi connectivity index (χ3n) is 3.95. The van der Waals surface area contributed by atoms with E-state index in [2.05, 4.69) is 26.1 Å². The van der Waals surface area contributed by atoms with Crippen molar-refractivity contribution in [1.82, 2.24) is 10.3 Å². The molecule has 1 N–H and O–H groups in total. The zero-order chi connectivity index (χ0) is 13.4. The standard InChI is InChI=1S/C14H24N2OS/c1-13(2,17-5)9-14(3,15-4)12-16-10-7-6-8-11(10)18-12/h15H,6-9H2,1-5H3. The van der Waals surface area contributed by atoms with E-state index in [0.717, 1.165) is 12.8 Å². The van der Waals surface area contributed by atoms with E-state index in [-0.39, 0.29) is 11.1 Å². The second-order valence-electron chi connectivity index (χ2n) is 5.97. The number of nitrogens with one attached hydrogen (secondary N) is 1. The molecule has 0 radical (unpaired) electrons. The van der Waals surface area contributed by atoms with Crippen LogP contribution in [0.5, 0.6) is 0 Å². The van der Waals surface area contributed by atoms with Gasteiger partial charge in [-0.05, 0) is 47.1 Å². The summed E-state index contributed by atoms with van der Waals surface area (Å²) in [5.41, 5.74) is 1.08. The summed E-state index contributed by atoms with van der Waals surface area (Å²) >= 11 is 1.88. The first-order valence-electron chi connectivity index (χ1n) is 6.63. The zero-order valence-corrected chi connectivity index (χ0v) is 12.9. The van der Waals surface area contributed by atoms with Gasteiger partial charge in [0.1, 0.15) is 5.01 Å². The van der Waals surface area contributed by atoms with Crippen molar-refractivity contribution in [3.05, 3.63) is 15.6 Å². The van der Waals surface area contributed by atoms with Crippen molar-refractivity contribution in [3.63, 3.8) is 0 Å². The molecule has 4 heteroatoms. The summed E-state index contributed by atoms with van der Waals surface area (Å²) < 4.78 is 5.57. The third-order valence-corrected chi connectivity index (χ3v) is 5.37. The van der Waals surface area contributed by atoms with E-state index in [1.807, 2.05) is 18.4 Å². The normalized spacial score (nSPS) is 18.7. The van der Waals surface area contributed by atoms with Crippen LogP contribution in [-0.2, 0) is 23.1 Å². The van der Waals surface area contributed by atoms with Crippen LogP contribution in [0.3, 0.4) is 0 Å². The van der Waals surface area contributed by atoms with Crippen LogP contribution in [0.1, 0.15) is 49.2 Å². The third kappa shape index (κ3) is 2.60. The van der Waals surface area contributed by atoms with E-state index in [4.69, 9.17) is 9.72 Å². The molecule has 0 spiro atoms. The van der Waals surface area contributed by atoms with Crippen LogP contribution in [0, 0.1) is 0 Å². The van der Waals surface area contributed by atoms with Crippen LogP contribution in [0.25, 0.3) is 0 Å². The number of aryl methyl sites for hydroxylation is 2. The molecule has 1 heterocycles. The second-order valence-corrected chi connectivity index (χ2v) is 7.05. The lowest BCUT2D eigenvalue weighted by molar-refractivity contribution is -0.00616. The van der Waals surface area contributed by atoms with Crippen molar-refractivity contribution in [2.24, 2.45) is 0 Å². The molecular weight excluding hydrogens is 244 g/mol. The van der Waals surface area contributed by atoms with Crippen LogP contribution in [0.2, 0.25) is 0 Å². The van der Waals surface area contributed by atoms with Crippen LogP contribution in [0.4, 0.5) is 0 Å². The van der Waals surface area contributed by atoms with Gasteiger partial charge in [0.05, 0.1) is 16.8 Å². The number of aromatic nitrogens is 1. The molecule has 18 heavy (non-hydrogen) atoms. The largest absolute Gasteiger partial charge is 0.379 e. The maximum absolute atomic E-state index is 5.57. The Kier molecular flexibility index (Phi) is 3.81. The van der Waals surface area contributed by atoms with E-state index in [1.165, 1.54) is 28.4 Å². The number of nitrogens with zero attached hydrogens (tertiary/aromatic N) is 1. The van der Waals surface area contributed by atoms with Gasteiger partial charge < -0.3 is 10.1 Å². The first-order chi connectivity index (χ1) is 8.40. The van der Waals surface area contributed by atoms with Crippen molar-refractivity contribution in [2.45, 2.75) is 57.6 Å². The molecule has 0 bridgehead atoms. The number of ether oxygens (including phenoxy) is 1. The Morgan fingerprint density at radius 1 is 1.33 bits per heavy atom. The molecule has 2 rings (SSSR count). The van der Waals surface area contributed by atoms with E-state index in [1.54, 1.807) is 7.11 Å². The van der Waals surface area contributed by atoms with E-state index < -0.39 is 0 Å². The second kappa shape index (κ2) is 4.91. The monoisotopic (exact) mass is 268 g/mol. The summed E-state index contributed by atoms with van der Waals surface area (Å²) in [6.45, 7) is 6.48. The van der Waals surface area contributed by atoms with Crippen molar-refractivity contribution >= 4 is 11.3 Å². The topological polar surface area (TPSA) is 34.1 Å². The van der Waals surface area contributed by atoms with Gasteiger partial charge in [-0.3, -0.25) is 0 Å². The zero-order valence-electron chi connectivity index (χ0n) is 12.1. The van der Waals surface area contributed by atoms with Crippen molar-refractivity contribution in [2.75, 3.05) is 14.2 Å². The maximum Gasteiger partial charge on any atom is 0.113 e. The minimum absolute atomic E-state index is 0.103. The summed E-state index contributed by atoms with van der Waals surface area (Å²) in [6, 6.07) is 0. The molecule has 0 fully saturated rings. The molecule has 1 aliphatic carbocycles. The number of hydrogen-bond donors (Lipinski definition) is 1. The van der Waals surface area contributed by atoms with Gasteiger partial charge in [0.2, 0.25) is 0 Å². The molecule has 3 nitrogen and oxygen atoms in total. The highest BCUT2D eigenvalue weighted by atomic mass is 32.1. The molecule has 102 valence electrons. The quantitative estimate of drug-likeness (QED) is 0.891. The number of hydrogen-bond acceptors (Lipinski definition) is 4. The molecule has 1 aromatic heterocycles. The van der Waals surface area contributed by atoms with Gasteiger partial charge in [-0.1, -0.05) is 0 Å². The number of thiazole rings is 1. The predicted octanol–water partition coefficient (Wildman–Crippen LogP) is 2.88. The highest BCUT2D eigenvalue weighted by Gasteiger charge is 2.36. The van der Waals surface area contributed by atoms with Crippen molar-refractivity contribution in [3.8, 4) is 0 Å². The van der Waals surface area contributed by atoms with Gasteiger partial charge in [0.15, 0.2) is 0 Å². The molecule has 0 aromatic carbocycles. The fourth-order valence-corrected chi connectivity index (χ4v) is 3.92. The first kappa shape index (κ1) is 14.0. The average molecular weight is 268 g/mol. The summed E-state index contributed by atoms with van der Waals surface area (Å²) in [7, 11) is 3.79. The average Bonchev–Trinajstić information content (AvgIpc) is 2.88. The van der Waals surface area contributed by atoms with E-state index in [0.29, 0.717) is 0 Å². The molecule has 0 saturated heterocycles. The molecule has 1 unspecified atom stereocenters. The molecule has 0 amide bonds. The van der Waals surface area contributed by atoms with Gasteiger partial charge in [-0.2, -0.15) is 0 Å². The predicted molar refractivity (Wildman–Crippen MR) is 76.3 cm³/mol. The van der Waals surface area contributed by atoms with Gasteiger partial charge in [-0.15, -0.1) is 11.3 Å². The van der Waals surface area contributed by atoms with Crippen LogP contribution in [-0.4, -0.2) is 24.7 Å². The van der Waals surface area contributed by atoms with Crippen LogP contribution >= 0.6 is 11.3 Å². The van der Waals surface area contributed by atoms with E-state index >= 15 is 0 Å². The lowest BCUT2D eigenvalue weighted by Crippen LogP contribution is -2.43. The lowest BCUT2D eigenvalue weighted by Gasteiger charge is -2.35.